The molecule has 1 saturated heterocycles. The smallest absolute Gasteiger partial charge is 0.255 e. The number of nitrogens with one attached hydrogen (secondary N) is 2. The van der Waals surface area contributed by atoms with Gasteiger partial charge in [-0.15, -0.1) is 0 Å². The molecule has 5 nitrogen and oxygen atoms in total. The van der Waals surface area contributed by atoms with Crippen molar-refractivity contribution in [2.75, 3.05) is 23.3 Å². The van der Waals surface area contributed by atoms with Crippen molar-refractivity contribution >= 4 is 23.2 Å². The van der Waals surface area contributed by atoms with Gasteiger partial charge in [-0.05, 0) is 82.5 Å². The molecule has 1 aliphatic heterocycles. The van der Waals surface area contributed by atoms with Crippen LogP contribution in [0.25, 0.3) is 0 Å². The second kappa shape index (κ2) is 8.46. The highest BCUT2D eigenvalue weighted by Crippen LogP contribution is 2.22. The molecule has 2 aromatic rings. The number of carbonyl (C=O) groups is 2. The molecule has 2 amide bonds. The summed E-state index contributed by atoms with van der Waals surface area (Å²) in [7, 11) is 0. The Morgan fingerprint density at radius 1 is 0.857 bits per heavy atom. The molecule has 28 heavy (non-hydrogen) atoms. The summed E-state index contributed by atoms with van der Waals surface area (Å²) in [4.78, 5) is 27.3. The highest BCUT2D eigenvalue weighted by atomic mass is 16.2. The van der Waals surface area contributed by atoms with E-state index in [9.17, 15) is 9.59 Å². The quantitative estimate of drug-likeness (QED) is 0.825. The van der Waals surface area contributed by atoms with Gasteiger partial charge in [0.05, 0.1) is 0 Å². The van der Waals surface area contributed by atoms with E-state index in [0.29, 0.717) is 11.1 Å². The van der Waals surface area contributed by atoms with Crippen LogP contribution in [0, 0.1) is 0 Å². The second-order valence-corrected chi connectivity index (χ2v) is 8.33. The lowest BCUT2D eigenvalue weighted by atomic mass is 10.1. The summed E-state index contributed by atoms with van der Waals surface area (Å²) in [6.07, 6.45) is 3.77. The van der Waals surface area contributed by atoms with E-state index in [4.69, 9.17) is 0 Å². The van der Waals surface area contributed by atoms with Crippen molar-refractivity contribution in [1.29, 1.82) is 0 Å². The van der Waals surface area contributed by atoms with Crippen LogP contribution in [0.5, 0.6) is 0 Å². The van der Waals surface area contributed by atoms with Gasteiger partial charge in [0.15, 0.2) is 0 Å². The zero-order valence-electron chi connectivity index (χ0n) is 16.9. The first-order valence-electron chi connectivity index (χ1n) is 9.91. The number of anilines is 2. The first-order chi connectivity index (χ1) is 13.3. The molecule has 2 N–H and O–H groups in total. The predicted octanol–water partition coefficient (Wildman–Crippen LogP) is 4.46. The molecule has 1 fully saturated rings. The number of carbonyl (C=O) groups excluding carboxylic acids is 2. The average Bonchev–Trinajstić information content (AvgIpc) is 2.68. The number of rotatable bonds is 4. The SMILES string of the molecule is CC(C)(C)NC(=O)c1cccc(C(=O)Nc2ccc(N3CCCCC3)cc2)c1. The van der Waals surface area contributed by atoms with Crippen molar-refractivity contribution < 1.29 is 9.59 Å². The fourth-order valence-electron chi connectivity index (χ4n) is 3.33. The maximum absolute atomic E-state index is 12.6. The van der Waals surface area contributed by atoms with Crippen LogP contribution < -0.4 is 15.5 Å². The van der Waals surface area contributed by atoms with E-state index in [0.717, 1.165) is 18.8 Å². The fourth-order valence-corrected chi connectivity index (χ4v) is 3.33. The van der Waals surface area contributed by atoms with Gasteiger partial charge in [0.2, 0.25) is 0 Å². The summed E-state index contributed by atoms with van der Waals surface area (Å²) < 4.78 is 0. The summed E-state index contributed by atoms with van der Waals surface area (Å²) in [6.45, 7) is 7.96. The average molecular weight is 380 g/mol. The van der Waals surface area contributed by atoms with Crippen LogP contribution in [-0.4, -0.2) is 30.4 Å². The highest BCUT2D eigenvalue weighted by Gasteiger charge is 2.17. The molecule has 3 rings (SSSR count). The molecule has 5 heteroatoms. The molecule has 0 aliphatic carbocycles. The fraction of sp³-hybridized carbons (Fsp3) is 0.391. The minimum atomic E-state index is -0.328. The second-order valence-electron chi connectivity index (χ2n) is 8.33. The lowest BCUT2D eigenvalue weighted by molar-refractivity contribution is 0.0919. The molecule has 0 bridgehead atoms. The number of benzene rings is 2. The van der Waals surface area contributed by atoms with Crippen molar-refractivity contribution in [1.82, 2.24) is 5.32 Å². The zero-order valence-corrected chi connectivity index (χ0v) is 16.9. The molecule has 0 spiro atoms. The highest BCUT2D eigenvalue weighted by molar-refractivity contribution is 6.06. The Morgan fingerprint density at radius 3 is 2.07 bits per heavy atom. The van der Waals surface area contributed by atoms with Crippen molar-refractivity contribution in [2.24, 2.45) is 0 Å². The van der Waals surface area contributed by atoms with Gasteiger partial charge in [0, 0.05) is 41.1 Å². The van der Waals surface area contributed by atoms with Crippen LogP contribution in [0.2, 0.25) is 0 Å². The Hall–Kier alpha value is -2.82. The van der Waals surface area contributed by atoms with E-state index in [1.54, 1.807) is 24.3 Å². The lowest BCUT2D eigenvalue weighted by Crippen LogP contribution is -2.40. The maximum Gasteiger partial charge on any atom is 0.255 e. The molecule has 148 valence electrons. The van der Waals surface area contributed by atoms with Crippen LogP contribution in [0.3, 0.4) is 0 Å². The van der Waals surface area contributed by atoms with Crippen molar-refractivity contribution in [2.45, 2.75) is 45.6 Å². The van der Waals surface area contributed by atoms with E-state index in [1.165, 1.54) is 24.9 Å². The van der Waals surface area contributed by atoms with E-state index in [-0.39, 0.29) is 17.4 Å². The molecule has 2 aromatic carbocycles. The van der Waals surface area contributed by atoms with Crippen molar-refractivity contribution in [3.8, 4) is 0 Å². The molecular formula is C23H29N3O2. The normalized spacial score (nSPS) is 14.5. The summed E-state index contributed by atoms with van der Waals surface area (Å²) in [6, 6.07) is 14.7. The predicted molar refractivity (Wildman–Crippen MR) is 114 cm³/mol. The molecule has 0 aromatic heterocycles. The van der Waals surface area contributed by atoms with Crippen LogP contribution in [0.15, 0.2) is 48.5 Å². The Kier molecular flexibility index (Phi) is 6.02. The Balaban J connectivity index is 1.66. The lowest BCUT2D eigenvalue weighted by Gasteiger charge is -2.28. The van der Waals surface area contributed by atoms with Crippen LogP contribution in [0.4, 0.5) is 11.4 Å². The van der Waals surface area contributed by atoms with Gasteiger partial charge in [-0.1, -0.05) is 6.07 Å². The third kappa shape index (κ3) is 5.35. The standard InChI is InChI=1S/C23H29N3O2/c1-23(2,3)25-22(28)18-9-7-8-17(16-18)21(27)24-19-10-12-20(13-11-19)26-14-5-4-6-15-26/h7-13,16H,4-6,14-15H2,1-3H3,(H,24,27)(H,25,28). The maximum atomic E-state index is 12.6. The number of piperidine rings is 1. The summed E-state index contributed by atoms with van der Waals surface area (Å²) in [5.74, 6) is -0.413. The molecule has 1 aliphatic rings. The summed E-state index contributed by atoms with van der Waals surface area (Å²) in [5.41, 5.74) is 2.55. The van der Waals surface area contributed by atoms with E-state index in [2.05, 4.69) is 15.5 Å². The monoisotopic (exact) mass is 379 g/mol. The van der Waals surface area contributed by atoms with Crippen molar-refractivity contribution in [3.05, 3.63) is 59.7 Å². The Labute approximate surface area is 167 Å². The minimum absolute atomic E-state index is 0.187. The molecule has 1 heterocycles. The van der Waals surface area contributed by atoms with Gasteiger partial charge < -0.3 is 15.5 Å². The van der Waals surface area contributed by atoms with Gasteiger partial charge in [-0.25, -0.2) is 0 Å². The van der Waals surface area contributed by atoms with E-state index in [1.807, 2.05) is 45.0 Å². The molecule has 0 unspecified atom stereocenters. The third-order valence-corrected chi connectivity index (χ3v) is 4.72. The largest absolute Gasteiger partial charge is 0.372 e. The van der Waals surface area contributed by atoms with Gasteiger partial charge in [-0.3, -0.25) is 9.59 Å². The van der Waals surface area contributed by atoms with Crippen LogP contribution in [-0.2, 0) is 0 Å². The van der Waals surface area contributed by atoms with Crippen molar-refractivity contribution in [3.63, 3.8) is 0 Å². The van der Waals surface area contributed by atoms with Gasteiger partial charge >= 0.3 is 0 Å². The molecule has 0 atom stereocenters. The van der Waals surface area contributed by atoms with Crippen LogP contribution in [0.1, 0.15) is 60.7 Å². The number of hydrogen-bond acceptors (Lipinski definition) is 3. The molecule has 0 saturated carbocycles. The minimum Gasteiger partial charge on any atom is -0.372 e. The topological polar surface area (TPSA) is 61.4 Å². The number of nitrogens with zero attached hydrogens (tertiary/aromatic N) is 1. The van der Waals surface area contributed by atoms with Gasteiger partial charge in [0.1, 0.15) is 0 Å². The Morgan fingerprint density at radius 2 is 1.46 bits per heavy atom. The third-order valence-electron chi connectivity index (χ3n) is 4.72. The van der Waals surface area contributed by atoms with Crippen LogP contribution >= 0.6 is 0 Å². The van der Waals surface area contributed by atoms with E-state index >= 15 is 0 Å². The number of hydrogen-bond donors (Lipinski definition) is 2. The summed E-state index contributed by atoms with van der Waals surface area (Å²) >= 11 is 0. The Bertz CT molecular complexity index is 832. The van der Waals surface area contributed by atoms with Gasteiger partial charge in [-0.2, -0.15) is 0 Å². The van der Waals surface area contributed by atoms with E-state index < -0.39 is 0 Å². The number of amides is 2. The summed E-state index contributed by atoms with van der Waals surface area (Å²) in [5, 5.41) is 5.83. The van der Waals surface area contributed by atoms with Gasteiger partial charge in [0.25, 0.3) is 11.8 Å². The molecule has 0 radical (unpaired) electrons. The molecular weight excluding hydrogens is 350 g/mol. The first kappa shape index (κ1) is 19.9. The zero-order chi connectivity index (χ0) is 20.1. The first-order valence-corrected chi connectivity index (χ1v) is 9.91.